The van der Waals surface area contributed by atoms with Crippen molar-refractivity contribution in [1.29, 1.82) is 0 Å². The second kappa shape index (κ2) is 7.92. The largest absolute Gasteiger partial charge is 0.454 e. The first-order chi connectivity index (χ1) is 13.8. The second-order valence-electron chi connectivity index (χ2n) is 6.15. The number of hydrogen-bond acceptors (Lipinski definition) is 7. The summed E-state index contributed by atoms with van der Waals surface area (Å²) in [7, 11) is 2.77. The van der Waals surface area contributed by atoms with E-state index in [9.17, 15) is 24.0 Å². The highest BCUT2D eigenvalue weighted by Crippen LogP contribution is 2.05. The molecular formula is C18H17N5O6. The zero-order valence-electron chi connectivity index (χ0n) is 15.6. The molecule has 2 heterocycles. The number of nitrogens with one attached hydrogen (secondary N) is 1. The number of ether oxygens (including phenoxy) is 1. The van der Waals surface area contributed by atoms with Crippen molar-refractivity contribution in [2.24, 2.45) is 14.1 Å². The highest BCUT2D eigenvalue weighted by Gasteiger charge is 2.17. The lowest BCUT2D eigenvalue weighted by molar-refractivity contribution is -0.148. The van der Waals surface area contributed by atoms with Gasteiger partial charge in [0.2, 0.25) is 0 Å². The number of nitrogens with zero attached hydrogens (tertiary/aromatic N) is 4. The second-order valence-corrected chi connectivity index (χ2v) is 6.15. The molecule has 0 aliphatic carbocycles. The zero-order valence-corrected chi connectivity index (χ0v) is 15.6. The maximum atomic E-state index is 12.3. The number of amides is 2. The number of aromatic nitrogens is 4. The summed E-state index contributed by atoms with van der Waals surface area (Å²) in [6.45, 7) is -1.07. The molecule has 2 amide bonds. The van der Waals surface area contributed by atoms with Crippen LogP contribution in [0, 0.1) is 0 Å². The first-order valence-electron chi connectivity index (χ1n) is 8.45. The quantitative estimate of drug-likeness (QED) is 0.540. The van der Waals surface area contributed by atoms with Crippen molar-refractivity contribution in [2.75, 3.05) is 6.61 Å². The van der Waals surface area contributed by atoms with Crippen LogP contribution in [0.25, 0.3) is 11.2 Å². The van der Waals surface area contributed by atoms with Crippen molar-refractivity contribution in [1.82, 2.24) is 24.0 Å². The van der Waals surface area contributed by atoms with E-state index in [0.717, 1.165) is 4.57 Å². The van der Waals surface area contributed by atoms with Gasteiger partial charge >= 0.3 is 11.7 Å². The van der Waals surface area contributed by atoms with Crippen LogP contribution in [0.2, 0.25) is 0 Å². The number of carbonyl (C=O) groups excluding carboxylic acids is 3. The number of carbonyl (C=O) groups is 3. The third-order valence-corrected chi connectivity index (χ3v) is 4.17. The number of hydrogen-bond donors (Lipinski definition) is 1. The van der Waals surface area contributed by atoms with Crippen LogP contribution in [0.5, 0.6) is 0 Å². The average Bonchev–Trinajstić information content (AvgIpc) is 3.13. The highest BCUT2D eigenvalue weighted by molar-refractivity contribution is 6.05. The Morgan fingerprint density at radius 3 is 2.45 bits per heavy atom. The third-order valence-electron chi connectivity index (χ3n) is 4.17. The van der Waals surface area contributed by atoms with Crippen LogP contribution in [0.15, 0.2) is 46.2 Å². The summed E-state index contributed by atoms with van der Waals surface area (Å²) in [4.78, 5) is 64.0. The van der Waals surface area contributed by atoms with Crippen molar-refractivity contribution >= 4 is 28.9 Å². The van der Waals surface area contributed by atoms with Crippen molar-refractivity contribution in [3.63, 3.8) is 0 Å². The third kappa shape index (κ3) is 3.98. The fraction of sp³-hybridized carbons (Fsp3) is 0.222. The number of imide groups is 1. The fourth-order valence-corrected chi connectivity index (χ4v) is 2.67. The van der Waals surface area contributed by atoms with Gasteiger partial charge in [-0.2, -0.15) is 0 Å². The summed E-state index contributed by atoms with van der Waals surface area (Å²) < 4.78 is 8.17. The Morgan fingerprint density at radius 2 is 1.76 bits per heavy atom. The molecule has 0 atom stereocenters. The van der Waals surface area contributed by atoms with E-state index in [1.807, 2.05) is 0 Å². The van der Waals surface area contributed by atoms with E-state index in [0.29, 0.717) is 5.56 Å². The molecule has 3 aromatic rings. The summed E-state index contributed by atoms with van der Waals surface area (Å²) in [5.41, 5.74) is -0.694. The molecule has 0 fully saturated rings. The predicted molar refractivity (Wildman–Crippen MR) is 100 cm³/mol. The van der Waals surface area contributed by atoms with Crippen LogP contribution in [0.1, 0.15) is 10.4 Å². The van der Waals surface area contributed by atoms with Crippen LogP contribution < -0.4 is 16.6 Å². The fourth-order valence-electron chi connectivity index (χ4n) is 2.67. The van der Waals surface area contributed by atoms with Crippen molar-refractivity contribution < 1.29 is 19.1 Å². The first-order valence-corrected chi connectivity index (χ1v) is 8.45. The minimum atomic E-state index is -0.817. The van der Waals surface area contributed by atoms with Gasteiger partial charge in [-0.1, -0.05) is 18.2 Å². The molecule has 3 rings (SSSR count). The van der Waals surface area contributed by atoms with Gasteiger partial charge in [-0.05, 0) is 12.1 Å². The molecule has 0 spiro atoms. The van der Waals surface area contributed by atoms with Gasteiger partial charge in [0.1, 0.15) is 6.54 Å². The van der Waals surface area contributed by atoms with Crippen molar-refractivity contribution in [3.8, 4) is 0 Å². The van der Waals surface area contributed by atoms with Crippen LogP contribution in [-0.2, 0) is 35.0 Å². The molecule has 0 radical (unpaired) electrons. The van der Waals surface area contributed by atoms with E-state index in [1.54, 1.807) is 18.2 Å². The minimum absolute atomic E-state index is 0.0512. The Morgan fingerprint density at radius 1 is 1.07 bits per heavy atom. The van der Waals surface area contributed by atoms with Gasteiger partial charge in [-0.15, -0.1) is 0 Å². The maximum absolute atomic E-state index is 12.3. The minimum Gasteiger partial charge on any atom is -0.454 e. The number of aryl methyl sites for hydroxylation is 1. The topological polar surface area (TPSA) is 134 Å². The number of esters is 1. The molecule has 0 aliphatic heterocycles. The van der Waals surface area contributed by atoms with E-state index in [-0.39, 0.29) is 11.2 Å². The molecule has 0 saturated carbocycles. The summed E-state index contributed by atoms with van der Waals surface area (Å²) in [6.07, 6.45) is 1.23. The highest BCUT2D eigenvalue weighted by atomic mass is 16.5. The monoisotopic (exact) mass is 399 g/mol. The van der Waals surface area contributed by atoms with Crippen molar-refractivity contribution in [3.05, 3.63) is 63.1 Å². The van der Waals surface area contributed by atoms with Gasteiger partial charge in [0.15, 0.2) is 17.8 Å². The SMILES string of the molecule is Cn1c(=O)c2c(ncn2CC(=O)OCC(=O)NC(=O)c2ccccc2)n(C)c1=O. The zero-order chi connectivity index (χ0) is 21.1. The van der Waals surface area contributed by atoms with Crippen LogP contribution >= 0.6 is 0 Å². The summed E-state index contributed by atoms with van der Waals surface area (Å²) in [5, 5.41) is 2.10. The Kier molecular flexibility index (Phi) is 5.39. The molecule has 11 nitrogen and oxygen atoms in total. The van der Waals surface area contributed by atoms with Gasteiger partial charge in [0.05, 0.1) is 6.33 Å². The lowest BCUT2D eigenvalue weighted by Crippen LogP contribution is -2.38. The molecule has 0 unspecified atom stereocenters. The van der Waals surface area contributed by atoms with Gasteiger partial charge in [-0.3, -0.25) is 33.6 Å². The Balaban J connectivity index is 1.64. The standard InChI is InChI=1S/C18H17N5O6/c1-21-15-14(17(27)22(2)18(21)28)23(10-19-15)8-13(25)29-9-12(24)20-16(26)11-6-4-3-5-7-11/h3-7,10H,8-9H2,1-2H3,(H,20,24,26). The average molecular weight is 399 g/mol. The molecule has 11 heteroatoms. The summed E-state index contributed by atoms with van der Waals surface area (Å²) >= 11 is 0. The van der Waals surface area contributed by atoms with Crippen molar-refractivity contribution in [2.45, 2.75) is 6.54 Å². The van der Waals surface area contributed by atoms with E-state index in [1.165, 1.54) is 41.7 Å². The Hall–Kier alpha value is -4.02. The van der Waals surface area contributed by atoms with E-state index < -0.39 is 42.2 Å². The van der Waals surface area contributed by atoms with Crippen LogP contribution in [0.4, 0.5) is 0 Å². The van der Waals surface area contributed by atoms with E-state index >= 15 is 0 Å². The number of fused-ring (bicyclic) bond motifs is 1. The molecule has 2 aromatic heterocycles. The molecule has 0 saturated heterocycles. The maximum Gasteiger partial charge on any atom is 0.332 e. The first kappa shape index (κ1) is 19.7. The molecule has 150 valence electrons. The van der Waals surface area contributed by atoms with E-state index in [4.69, 9.17) is 4.74 Å². The number of imidazole rings is 1. The van der Waals surface area contributed by atoms with Gasteiger partial charge in [0, 0.05) is 19.7 Å². The smallest absolute Gasteiger partial charge is 0.332 e. The summed E-state index contributed by atoms with van der Waals surface area (Å²) in [5.74, 6) is -2.22. The molecule has 1 aromatic carbocycles. The van der Waals surface area contributed by atoms with Gasteiger partial charge < -0.3 is 9.30 Å². The van der Waals surface area contributed by atoms with E-state index in [2.05, 4.69) is 10.3 Å². The number of benzene rings is 1. The Bertz CT molecular complexity index is 1220. The lowest BCUT2D eigenvalue weighted by atomic mass is 10.2. The van der Waals surface area contributed by atoms with Gasteiger partial charge in [-0.25, -0.2) is 9.78 Å². The lowest BCUT2D eigenvalue weighted by Gasteiger charge is -2.08. The molecule has 0 bridgehead atoms. The molecule has 0 aliphatic rings. The van der Waals surface area contributed by atoms with Crippen LogP contribution in [0.3, 0.4) is 0 Å². The predicted octanol–water partition coefficient (Wildman–Crippen LogP) is -1.07. The Labute approximate surface area is 163 Å². The van der Waals surface area contributed by atoms with Crippen LogP contribution in [-0.4, -0.2) is 43.1 Å². The molecular weight excluding hydrogens is 382 g/mol. The molecule has 1 N–H and O–H groups in total. The molecule has 29 heavy (non-hydrogen) atoms. The number of rotatable bonds is 5. The normalized spacial score (nSPS) is 10.7. The van der Waals surface area contributed by atoms with Gasteiger partial charge in [0.25, 0.3) is 17.4 Å². The summed E-state index contributed by atoms with van der Waals surface area (Å²) in [6, 6.07) is 8.09.